The van der Waals surface area contributed by atoms with Gasteiger partial charge in [-0.05, 0) is 56.1 Å². The minimum absolute atomic E-state index is 0.163. The van der Waals surface area contributed by atoms with E-state index in [-0.39, 0.29) is 17.8 Å². The number of fused-ring (bicyclic) bond motifs is 2. The molecule has 0 heterocycles. The van der Waals surface area contributed by atoms with Gasteiger partial charge in [0.25, 0.3) is 0 Å². The summed E-state index contributed by atoms with van der Waals surface area (Å²) in [6.07, 6.45) is 3.39. The van der Waals surface area contributed by atoms with Gasteiger partial charge in [0.2, 0.25) is 5.91 Å². The molecule has 7 heteroatoms. The summed E-state index contributed by atoms with van der Waals surface area (Å²) in [4.78, 5) is 12.3. The highest BCUT2D eigenvalue weighted by atomic mass is 32.2. The average molecular weight is 339 g/mol. The molecule has 2 bridgehead atoms. The van der Waals surface area contributed by atoms with Gasteiger partial charge in [-0.3, -0.25) is 4.79 Å². The first-order valence-electron chi connectivity index (χ1n) is 7.90. The summed E-state index contributed by atoms with van der Waals surface area (Å²) in [5.74, 6) is -0.0825. The van der Waals surface area contributed by atoms with Crippen molar-refractivity contribution in [1.29, 1.82) is 0 Å². The van der Waals surface area contributed by atoms with E-state index in [0.29, 0.717) is 37.5 Å². The highest BCUT2D eigenvalue weighted by Gasteiger charge is 2.39. The Kier molecular flexibility index (Phi) is 4.59. The Bertz CT molecular complexity index is 642. The summed E-state index contributed by atoms with van der Waals surface area (Å²) in [5, 5.41) is 9.77. The monoisotopic (exact) mass is 339 g/mol. The topological polar surface area (TPSA) is 92.7 Å². The molecular formula is C16H21NO5S. The van der Waals surface area contributed by atoms with Crippen molar-refractivity contribution < 1.29 is 22.5 Å². The molecule has 3 rings (SSSR count). The number of rotatable bonds is 4. The normalized spacial score (nSPS) is 30.5. The van der Waals surface area contributed by atoms with Gasteiger partial charge in [-0.1, -0.05) is 18.2 Å². The molecule has 1 amide bonds. The highest BCUT2D eigenvalue weighted by Crippen LogP contribution is 2.42. The van der Waals surface area contributed by atoms with Crippen LogP contribution in [0.25, 0.3) is 0 Å². The number of hydrogen-bond acceptors (Lipinski definition) is 5. The van der Waals surface area contributed by atoms with Gasteiger partial charge in [-0.25, -0.2) is 4.72 Å². The first kappa shape index (κ1) is 16.3. The second kappa shape index (κ2) is 6.49. The molecule has 2 fully saturated rings. The van der Waals surface area contributed by atoms with E-state index < -0.39 is 16.2 Å². The molecule has 0 aliphatic heterocycles. The number of carbonyl (C=O) groups is 1. The van der Waals surface area contributed by atoms with E-state index in [4.69, 9.17) is 4.18 Å². The number of nitrogens with one attached hydrogen (secondary N) is 1. The zero-order chi connectivity index (χ0) is 16.4. The van der Waals surface area contributed by atoms with Crippen LogP contribution >= 0.6 is 0 Å². The molecule has 1 aromatic rings. The predicted molar refractivity (Wildman–Crippen MR) is 83.7 cm³/mol. The predicted octanol–water partition coefficient (Wildman–Crippen LogP) is 1.61. The van der Waals surface area contributed by atoms with Crippen molar-refractivity contribution in [1.82, 2.24) is 4.72 Å². The zero-order valence-corrected chi connectivity index (χ0v) is 13.5. The van der Waals surface area contributed by atoms with E-state index >= 15 is 0 Å². The lowest BCUT2D eigenvalue weighted by Crippen LogP contribution is -2.43. The summed E-state index contributed by atoms with van der Waals surface area (Å²) < 4.78 is 30.8. The first-order valence-corrected chi connectivity index (χ1v) is 9.31. The molecule has 0 aromatic heterocycles. The summed E-state index contributed by atoms with van der Waals surface area (Å²) in [5.41, 5.74) is 0. The first-order chi connectivity index (χ1) is 10.9. The van der Waals surface area contributed by atoms with Crippen molar-refractivity contribution >= 4 is 16.2 Å². The second-order valence-corrected chi connectivity index (χ2v) is 7.86. The van der Waals surface area contributed by atoms with Crippen molar-refractivity contribution in [3.63, 3.8) is 0 Å². The second-order valence-electron chi connectivity index (χ2n) is 6.58. The number of carbonyl (C=O) groups excluding carboxylic acids is 1. The third-order valence-electron chi connectivity index (χ3n) is 4.66. The van der Waals surface area contributed by atoms with Gasteiger partial charge in [0.05, 0.1) is 6.10 Å². The van der Waals surface area contributed by atoms with Crippen molar-refractivity contribution in [2.45, 2.75) is 38.2 Å². The molecule has 1 aromatic carbocycles. The minimum Gasteiger partial charge on any atom is -0.393 e. The highest BCUT2D eigenvalue weighted by molar-refractivity contribution is 7.85. The Hall–Kier alpha value is -1.60. The molecule has 2 aliphatic carbocycles. The number of para-hydroxylation sites is 1. The van der Waals surface area contributed by atoms with Crippen LogP contribution in [-0.2, 0) is 15.1 Å². The van der Waals surface area contributed by atoms with E-state index in [0.717, 1.165) is 6.42 Å². The van der Waals surface area contributed by atoms with Gasteiger partial charge in [0.1, 0.15) is 5.75 Å². The van der Waals surface area contributed by atoms with Crippen LogP contribution in [0, 0.1) is 17.8 Å². The lowest BCUT2D eigenvalue weighted by Gasteiger charge is -2.40. The van der Waals surface area contributed by atoms with E-state index in [2.05, 4.69) is 0 Å². The summed E-state index contributed by atoms with van der Waals surface area (Å²) in [7, 11) is -4.17. The number of amides is 1. The van der Waals surface area contributed by atoms with Crippen LogP contribution in [0.1, 0.15) is 32.1 Å². The van der Waals surface area contributed by atoms with Crippen LogP contribution < -0.4 is 8.91 Å². The van der Waals surface area contributed by atoms with E-state index in [1.165, 1.54) is 12.1 Å². The Morgan fingerprint density at radius 3 is 2.26 bits per heavy atom. The molecule has 0 saturated heterocycles. The van der Waals surface area contributed by atoms with Crippen molar-refractivity contribution in [3.8, 4) is 5.75 Å². The molecule has 126 valence electrons. The summed E-state index contributed by atoms with van der Waals surface area (Å²) in [6.45, 7) is 0. The van der Waals surface area contributed by atoms with E-state index in [1.54, 1.807) is 18.2 Å². The maximum atomic E-state index is 12.3. The fraction of sp³-hybridized carbons (Fsp3) is 0.562. The molecular weight excluding hydrogens is 318 g/mol. The molecule has 2 saturated carbocycles. The summed E-state index contributed by atoms with van der Waals surface area (Å²) in [6, 6.07) is 8.07. The fourth-order valence-corrected chi connectivity index (χ4v) is 4.68. The van der Waals surface area contributed by atoms with E-state index in [9.17, 15) is 18.3 Å². The van der Waals surface area contributed by atoms with Gasteiger partial charge < -0.3 is 9.29 Å². The molecule has 0 radical (unpaired) electrons. The maximum absolute atomic E-state index is 12.3. The lowest BCUT2D eigenvalue weighted by molar-refractivity contribution is -0.126. The zero-order valence-electron chi connectivity index (χ0n) is 12.7. The van der Waals surface area contributed by atoms with Gasteiger partial charge in [0, 0.05) is 5.92 Å². The molecule has 6 nitrogen and oxygen atoms in total. The van der Waals surface area contributed by atoms with Gasteiger partial charge in [-0.15, -0.1) is 0 Å². The standard InChI is InChI=1S/C16H21NO5S/c18-14-9-11-6-12(10-14)8-13(7-11)16(19)17-23(20,21)22-15-4-2-1-3-5-15/h1-5,11-14,18H,6-10H2,(H,17,19)/t11-,12+,13?,14?. The SMILES string of the molecule is O=C(NS(=O)(=O)Oc1ccccc1)C1C[C@H]2CC(O)C[C@@H](C1)C2. The van der Waals surface area contributed by atoms with Crippen LogP contribution in [0.5, 0.6) is 5.75 Å². The van der Waals surface area contributed by atoms with Crippen LogP contribution in [-0.4, -0.2) is 25.5 Å². The largest absolute Gasteiger partial charge is 0.409 e. The van der Waals surface area contributed by atoms with Crippen LogP contribution in [0.15, 0.2) is 30.3 Å². The van der Waals surface area contributed by atoms with Crippen LogP contribution in [0.3, 0.4) is 0 Å². The third-order valence-corrected chi connectivity index (χ3v) is 5.52. The lowest BCUT2D eigenvalue weighted by atomic mass is 9.67. The van der Waals surface area contributed by atoms with Crippen molar-refractivity contribution in [3.05, 3.63) is 30.3 Å². The Balaban J connectivity index is 1.60. The Morgan fingerprint density at radius 2 is 1.65 bits per heavy atom. The van der Waals surface area contributed by atoms with Crippen LogP contribution in [0.2, 0.25) is 0 Å². The average Bonchev–Trinajstić information content (AvgIpc) is 2.45. The van der Waals surface area contributed by atoms with Gasteiger partial charge in [0.15, 0.2) is 0 Å². The number of aliphatic hydroxyl groups is 1. The molecule has 2 aliphatic rings. The molecule has 4 atom stereocenters. The Morgan fingerprint density at radius 1 is 1.04 bits per heavy atom. The quantitative estimate of drug-likeness (QED) is 0.869. The smallest absolute Gasteiger partial charge is 0.393 e. The molecule has 0 spiro atoms. The van der Waals surface area contributed by atoms with Gasteiger partial charge in [-0.2, -0.15) is 8.42 Å². The number of aliphatic hydroxyl groups excluding tert-OH is 1. The fourth-order valence-electron chi connectivity index (χ4n) is 3.86. The molecule has 23 heavy (non-hydrogen) atoms. The summed E-state index contributed by atoms with van der Waals surface area (Å²) >= 11 is 0. The van der Waals surface area contributed by atoms with Crippen molar-refractivity contribution in [2.75, 3.05) is 0 Å². The maximum Gasteiger partial charge on any atom is 0.409 e. The molecule has 2 N–H and O–H groups in total. The number of benzene rings is 1. The number of hydrogen-bond donors (Lipinski definition) is 2. The Labute approximate surface area is 136 Å². The van der Waals surface area contributed by atoms with E-state index in [1.807, 2.05) is 4.72 Å². The van der Waals surface area contributed by atoms with Crippen molar-refractivity contribution in [2.24, 2.45) is 17.8 Å². The molecule has 2 unspecified atom stereocenters. The third kappa shape index (κ3) is 4.23. The van der Waals surface area contributed by atoms with Gasteiger partial charge >= 0.3 is 10.3 Å². The minimum atomic E-state index is -4.17. The van der Waals surface area contributed by atoms with Crippen LogP contribution in [0.4, 0.5) is 0 Å².